The van der Waals surface area contributed by atoms with E-state index in [1.54, 1.807) is 0 Å². The lowest BCUT2D eigenvalue weighted by atomic mass is 9.83. The highest BCUT2D eigenvalue weighted by atomic mass is 19.2. The van der Waals surface area contributed by atoms with Crippen molar-refractivity contribution in [2.45, 2.75) is 37.9 Å². The van der Waals surface area contributed by atoms with Gasteiger partial charge < -0.3 is 9.84 Å². The number of benzene rings is 1. The number of ether oxygens (including phenoxy) is 1. The average molecular weight is 242 g/mol. The fraction of sp³-hybridized carbons (Fsp3) is 0.538. The summed E-state index contributed by atoms with van der Waals surface area (Å²) >= 11 is 0. The van der Waals surface area contributed by atoms with E-state index in [1.807, 2.05) is 6.92 Å². The summed E-state index contributed by atoms with van der Waals surface area (Å²) < 4.78 is 31.5. The number of aliphatic hydroxyl groups is 1. The zero-order valence-corrected chi connectivity index (χ0v) is 9.75. The molecule has 0 spiro atoms. The first-order chi connectivity index (χ1) is 8.05. The second-order valence-corrected chi connectivity index (χ2v) is 4.52. The van der Waals surface area contributed by atoms with Crippen molar-refractivity contribution >= 4 is 0 Å². The third kappa shape index (κ3) is 2.48. The van der Waals surface area contributed by atoms with E-state index in [0.29, 0.717) is 25.0 Å². The summed E-state index contributed by atoms with van der Waals surface area (Å²) in [7, 11) is 0. The van der Waals surface area contributed by atoms with Crippen LogP contribution in [0.25, 0.3) is 0 Å². The Morgan fingerprint density at radius 3 is 2.82 bits per heavy atom. The molecule has 17 heavy (non-hydrogen) atoms. The third-order valence-electron chi connectivity index (χ3n) is 3.35. The van der Waals surface area contributed by atoms with Crippen LogP contribution >= 0.6 is 0 Å². The highest BCUT2D eigenvalue weighted by Crippen LogP contribution is 2.35. The van der Waals surface area contributed by atoms with Gasteiger partial charge in [0, 0.05) is 12.8 Å². The van der Waals surface area contributed by atoms with Gasteiger partial charge in [-0.05, 0) is 24.1 Å². The van der Waals surface area contributed by atoms with E-state index >= 15 is 0 Å². The van der Waals surface area contributed by atoms with E-state index in [0.717, 1.165) is 18.6 Å². The molecule has 1 aromatic rings. The fourth-order valence-electron chi connectivity index (χ4n) is 2.24. The highest BCUT2D eigenvalue weighted by molar-refractivity contribution is 5.25. The number of hydrogen-bond donors (Lipinski definition) is 1. The predicted molar refractivity (Wildman–Crippen MR) is 59.5 cm³/mol. The van der Waals surface area contributed by atoms with Crippen LogP contribution in [0, 0.1) is 11.6 Å². The first-order valence-corrected chi connectivity index (χ1v) is 5.84. The molecule has 4 heteroatoms. The Kier molecular flexibility index (Phi) is 3.45. The van der Waals surface area contributed by atoms with Crippen molar-refractivity contribution in [1.82, 2.24) is 0 Å². The van der Waals surface area contributed by atoms with Crippen LogP contribution in [0.3, 0.4) is 0 Å². The molecular weight excluding hydrogens is 226 g/mol. The normalized spacial score (nSPS) is 29.3. The molecule has 0 saturated carbocycles. The van der Waals surface area contributed by atoms with E-state index in [2.05, 4.69) is 0 Å². The Morgan fingerprint density at radius 1 is 1.41 bits per heavy atom. The quantitative estimate of drug-likeness (QED) is 0.864. The molecule has 1 aliphatic heterocycles. The number of halogens is 2. The SMILES string of the molecule is CCC1CC(O)(c2ccc(F)c(F)c2)CCO1. The van der Waals surface area contributed by atoms with Crippen LogP contribution in [-0.2, 0) is 10.3 Å². The third-order valence-corrected chi connectivity index (χ3v) is 3.35. The Bertz CT molecular complexity index is 408. The lowest BCUT2D eigenvalue weighted by molar-refractivity contribution is -0.108. The highest BCUT2D eigenvalue weighted by Gasteiger charge is 2.36. The zero-order valence-electron chi connectivity index (χ0n) is 9.75. The Labute approximate surface area is 99.2 Å². The topological polar surface area (TPSA) is 29.5 Å². The Morgan fingerprint density at radius 2 is 2.18 bits per heavy atom. The maximum Gasteiger partial charge on any atom is 0.159 e. The smallest absolute Gasteiger partial charge is 0.159 e. The van der Waals surface area contributed by atoms with Gasteiger partial charge in [-0.15, -0.1) is 0 Å². The van der Waals surface area contributed by atoms with Crippen LogP contribution in [0.15, 0.2) is 18.2 Å². The lowest BCUT2D eigenvalue weighted by Gasteiger charge is -2.37. The summed E-state index contributed by atoms with van der Waals surface area (Å²) in [5.41, 5.74) is -0.675. The molecule has 0 radical (unpaired) electrons. The molecule has 2 nitrogen and oxygen atoms in total. The van der Waals surface area contributed by atoms with Crippen LogP contribution in [-0.4, -0.2) is 17.8 Å². The molecule has 2 rings (SSSR count). The van der Waals surface area contributed by atoms with Gasteiger partial charge in [0.25, 0.3) is 0 Å². The molecule has 0 amide bonds. The summed E-state index contributed by atoms with van der Waals surface area (Å²) in [6.45, 7) is 2.41. The summed E-state index contributed by atoms with van der Waals surface area (Å²) in [6.07, 6.45) is 1.61. The van der Waals surface area contributed by atoms with E-state index in [1.165, 1.54) is 6.07 Å². The molecule has 1 saturated heterocycles. The first kappa shape index (κ1) is 12.5. The van der Waals surface area contributed by atoms with Gasteiger partial charge in [0.15, 0.2) is 11.6 Å². The van der Waals surface area contributed by atoms with Gasteiger partial charge in [-0.25, -0.2) is 8.78 Å². The molecule has 1 heterocycles. The van der Waals surface area contributed by atoms with E-state index in [-0.39, 0.29) is 6.10 Å². The van der Waals surface area contributed by atoms with Gasteiger partial charge in [-0.1, -0.05) is 13.0 Å². The van der Waals surface area contributed by atoms with E-state index in [9.17, 15) is 13.9 Å². The van der Waals surface area contributed by atoms with E-state index in [4.69, 9.17) is 4.74 Å². The Hall–Kier alpha value is -1.00. The zero-order chi connectivity index (χ0) is 12.5. The molecule has 1 fully saturated rings. The second kappa shape index (κ2) is 4.70. The minimum atomic E-state index is -1.10. The van der Waals surface area contributed by atoms with Crippen LogP contribution < -0.4 is 0 Å². The minimum absolute atomic E-state index is 0.0261. The molecule has 1 N–H and O–H groups in total. The predicted octanol–water partition coefficient (Wildman–Crippen LogP) is 2.74. The average Bonchev–Trinajstić information content (AvgIpc) is 2.32. The van der Waals surface area contributed by atoms with Gasteiger partial charge >= 0.3 is 0 Å². The van der Waals surface area contributed by atoms with Crippen molar-refractivity contribution in [3.63, 3.8) is 0 Å². The van der Waals surface area contributed by atoms with Gasteiger partial charge in [-0.3, -0.25) is 0 Å². The largest absolute Gasteiger partial charge is 0.385 e. The summed E-state index contributed by atoms with van der Waals surface area (Å²) in [6, 6.07) is 3.57. The molecule has 2 unspecified atom stereocenters. The molecule has 0 bridgehead atoms. The van der Waals surface area contributed by atoms with Crippen LogP contribution in [0.2, 0.25) is 0 Å². The van der Waals surface area contributed by atoms with Crippen molar-refractivity contribution in [1.29, 1.82) is 0 Å². The van der Waals surface area contributed by atoms with Gasteiger partial charge in [0.05, 0.1) is 18.3 Å². The molecule has 1 aliphatic rings. The van der Waals surface area contributed by atoms with Gasteiger partial charge in [0.1, 0.15) is 0 Å². The summed E-state index contributed by atoms with van der Waals surface area (Å²) in [5.74, 6) is -1.81. The maximum absolute atomic E-state index is 13.2. The molecule has 1 aromatic carbocycles. The van der Waals surface area contributed by atoms with Crippen molar-refractivity contribution in [2.24, 2.45) is 0 Å². The van der Waals surface area contributed by atoms with E-state index < -0.39 is 17.2 Å². The Balaban J connectivity index is 2.27. The first-order valence-electron chi connectivity index (χ1n) is 5.84. The number of rotatable bonds is 2. The second-order valence-electron chi connectivity index (χ2n) is 4.52. The molecule has 2 atom stereocenters. The molecule has 0 aliphatic carbocycles. The van der Waals surface area contributed by atoms with Crippen molar-refractivity contribution < 1.29 is 18.6 Å². The lowest BCUT2D eigenvalue weighted by Crippen LogP contribution is -2.38. The molecular formula is C13H16F2O2. The maximum atomic E-state index is 13.2. The van der Waals surface area contributed by atoms with Crippen LogP contribution in [0.4, 0.5) is 8.78 Å². The fourth-order valence-corrected chi connectivity index (χ4v) is 2.24. The molecule has 94 valence electrons. The van der Waals surface area contributed by atoms with Crippen molar-refractivity contribution in [3.05, 3.63) is 35.4 Å². The standard InChI is InChI=1S/C13H16F2O2/c1-2-10-8-13(16,5-6-17-10)9-3-4-11(14)12(15)7-9/h3-4,7,10,16H,2,5-6,8H2,1H3. The van der Waals surface area contributed by atoms with Gasteiger partial charge in [-0.2, -0.15) is 0 Å². The van der Waals surface area contributed by atoms with Crippen LogP contribution in [0.5, 0.6) is 0 Å². The van der Waals surface area contributed by atoms with Crippen molar-refractivity contribution in [3.8, 4) is 0 Å². The summed E-state index contributed by atoms with van der Waals surface area (Å²) in [4.78, 5) is 0. The van der Waals surface area contributed by atoms with Gasteiger partial charge in [0.2, 0.25) is 0 Å². The van der Waals surface area contributed by atoms with Crippen LogP contribution in [0.1, 0.15) is 31.7 Å². The monoisotopic (exact) mass is 242 g/mol. The summed E-state index contributed by atoms with van der Waals surface area (Å²) in [5, 5.41) is 10.5. The molecule has 0 aromatic heterocycles. The number of hydrogen-bond acceptors (Lipinski definition) is 2. The van der Waals surface area contributed by atoms with Crippen molar-refractivity contribution in [2.75, 3.05) is 6.61 Å². The minimum Gasteiger partial charge on any atom is -0.385 e.